The van der Waals surface area contributed by atoms with Crippen LogP contribution in [0, 0.1) is 0 Å². The summed E-state index contributed by atoms with van der Waals surface area (Å²) < 4.78 is 8.04. The Morgan fingerprint density at radius 1 is 1.16 bits per heavy atom. The van der Waals surface area contributed by atoms with Crippen LogP contribution in [0.3, 0.4) is 0 Å². The van der Waals surface area contributed by atoms with Crippen LogP contribution >= 0.6 is 27.3 Å². The molecular weight excluding hydrogens is 476 g/mol. The first kappa shape index (κ1) is 21.2. The highest BCUT2D eigenvalue weighted by Crippen LogP contribution is 2.26. The van der Waals surface area contributed by atoms with Gasteiger partial charge in [0.2, 0.25) is 0 Å². The van der Waals surface area contributed by atoms with E-state index in [-0.39, 0.29) is 5.56 Å². The molecule has 2 aromatic carbocycles. The van der Waals surface area contributed by atoms with Crippen LogP contribution in [-0.4, -0.2) is 17.6 Å². The van der Waals surface area contributed by atoms with Crippen molar-refractivity contribution in [2.45, 2.75) is 13.0 Å². The Hall–Kier alpha value is -3.03. The number of halogens is 1. The van der Waals surface area contributed by atoms with Crippen molar-refractivity contribution in [1.29, 1.82) is 0 Å². The molecule has 0 bridgehead atoms. The first-order valence-electron chi connectivity index (χ1n) is 9.57. The predicted octanol–water partition coefficient (Wildman–Crippen LogP) is 3.84. The number of carbonyl (C=O) groups is 1. The lowest BCUT2D eigenvalue weighted by Gasteiger charge is -2.21. The van der Waals surface area contributed by atoms with E-state index >= 15 is 0 Å². The second kappa shape index (κ2) is 8.99. The maximum Gasteiger partial charge on any atom is 0.338 e. The standard InChI is InChI=1S/C24H19BrN2O3S/c1-15-21(23(29)30-2)19(12-11-16-7-4-3-5-8-16)27-22(28)20(31-24(27)26-15)14-17-9-6-10-18(25)13-17/h3-14,19H,1-2H3/b12-11+,20-14+. The summed E-state index contributed by atoms with van der Waals surface area (Å²) in [5, 5.41) is 0. The molecule has 7 heteroatoms. The van der Waals surface area contributed by atoms with Gasteiger partial charge in [-0.2, -0.15) is 0 Å². The lowest BCUT2D eigenvalue weighted by molar-refractivity contribution is -0.136. The molecule has 4 rings (SSSR count). The number of hydrogen-bond acceptors (Lipinski definition) is 5. The van der Waals surface area contributed by atoms with Crippen LogP contribution < -0.4 is 14.9 Å². The first-order chi connectivity index (χ1) is 15.0. The molecule has 0 saturated carbocycles. The average Bonchev–Trinajstić information content (AvgIpc) is 3.06. The lowest BCUT2D eigenvalue weighted by atomic mass is 10.0. The monoisotopic (exact) mass is 494 g/mol. The topological polar surface area (TPSA) is 60.7 Å². The Morgan fingerprint density at radius 2 is 1.90 bits per heavy atom. The van der Waals surface area contributed by atoms with Gasteiger partial charge >= 0.3 is 5.97 Å². The maximum atomic E-state index is 13.3. The summed E-state index contributed by atoms with van der Waals surface area (Å²) in [6, 6.07) is 16.8. The number of benzene rings is 2. The van der Waals surface area contributed by atoms with E-state index in [1.807, 2.05) is 72.8 Å². The molecule has 1 aliphatic rings. The summed E-state index contributed by atoms with van der Waals surface area (Å²) in [6.07, 6.45) is 5.59. The Labute approximate surface area is 191 Å². The molecule has 31 heavy (non-hydrogen) atoms. The number of allylic oxidation sites excluding steroid dienone is 2. The third-order valence-corrected chi connectivity index (χ3v) is 6.36. The van der Waals surface area contributed by atoms with Gasteiger partial charge in [0.15, 0.2) is 4.80 Å². The van der Waals surface area contributed by atoms with Crippen LogP contribution in [-0.2, 0) is 9.53 Å². The highest BCUT2D eigenvalue weighted by molar-refractivity contribution is 9.10. The Balaban J connectivity index is 1.89. The van der Waals surface area contributed by atoms with Crippen LogP contribution in [0.4, 0.5) is 0 Å². The first-order valence-corrected chi connectivity index (χ1v) is 11.2. The molecule has 1 atom stereocenters. The van der Waals surface area contributed by atoms with Gasteiger partial charge in [-0.25, -0.2) is 9.79 Å². The molecule has 156 valence electrons. The van der Waals surface area contributed by atoms with Gasteiger partial charge in [-0.15, -0.1) is 0 Å². The third-order valence-electron chi connectivity index (χ3n) is 4.89. The van der Waals surface area contributed by atoms with Gasteiger partial charge in [0.05, 0.1) is 29.0 Å². The summed E-state index contributed by atoms with van der Waals surface area (Å²) in [7, 11) is 1.33. The molecule has 0 spiro atoms. The zero-order chi connectivity index (χ0) is 22.0. The van der Waals surface area contributed by atoms with E-state index in [1.54, 1.807) is 11.5 Å². The van der Waals surface area contributed by atoms with Crippen molar-refractivity contribution in [3.05, 3.63) is 107 Å². The maximum absolute atomic E-state index is 13.3. The molecule has 2 heterocycles. The van der Waals surface area contributed by atoms with E-state index in [4.69, 9.17) is 4.74 Å². The molecule has 1 aliphatic heterocycles. The number of methoxy groups -OCH3 is 1. The molecule has 1 unspecified atom stereocenters. The van der Waals surface area contributed by atoms with Crippen molar-refractivity contribution in [3.63, 3.8) is 0 Å². The molecule has 0 fully saturated rings. The van der Waals surface area contributed by atoms with Gasteiger partial charge in [0.25, 0.3) is 5.56 Å². The van der Waals surface area contributed by atoms with Crippen molar-refractivity contribution in [3.8, 4) is 0 Å². The number of hydrogen-bond donors (Lipinski definition) is 0. The van der Waals surface area contributed by atoms with E-state index in [9.17, 15) is 9.59 Å². The second-order valence-corrected chi connectivity index (χ2v) is 8.87. The van der Waals surface area contributed by atoms with Crippen LogP contribution in [0.2, 0.25) is 0 Å². The molecule has 3 aromatic rings. The predicted molar refractivity (Wildman–Crippen MR) is 126 cm³/mol. The molecule has 0 aliphatic carbocycles. The van der Waals surface area contributed by atoms with Crippen LogP contribution in [0.15, 0.2) is 86.2 Å². The smallest absolute Gasteiger partial charge is 0.338 e. The fraction of sp³-hybridized carbons (Fsp3) is 0.125. The summed E-state index contributed by atoms with van der Waals surface area (Å²) in [5.41, 5.74) is 2.58. The van der Waals surface area contributed by atoms with Gasteiger partial charge in [0.1, 0.15) is 0 Å². The minimum absolute atomic E-state index is 0.194. The highest BCUT2D eigenvalue weighted by atomic mass is 79.9. The number of aromatic nitrogens is 1. The third kappa shape index (κ3) is 4.38. The number of nitrogens with zero attached hydrogens (tertiary/aromatic N) is 2. The number of rotatable bonds is 4. The normalized spacial score (nSPS) is 16.4. The van der Waals surface area contributed by atoms with E-state index in [2.05, 4.69) is 20.9 Å². The van der Waals surface area contributed by atoms with Gasteiger partial charge in [-0.1, -0.05) is 81.9 Å². The van der Waals surface area contributed by atoms with Crippen molar-refractivity contribution in [2.24, 2.45) is 4.99 Å². The molecule has 5 nitrogen and oxygen atoms in total. The van der Waals surface area contributed by atoms with E-state index in [0.29, 0.717) is 20.6 Å². The number of esters is 1. The van der Waals surface area contributed by atoms with Gasteiger partial charge in [-0.3, -0.25) is 9.36 Å². The van der Waals surface area contributed by atoms with Crippen LogP contribution in [0.25, 0.3) is 12.2 Å². The second-order valence-electron chi connectivity index (χ2n) is 6.94. The van der Waals surface area contributed by atoms with Gasteiger partial charge in [0, 0.05) is 4.47 Å². The molecule has 0 saturated heterocycles. The molecular formula is C24H19BrN2O3S. The van der Waals surface area contributed by atoms with E-state index in [1.165, 1.54) is 18.4 Å². The summed E-state index contributed by atoms with van der Waals surface area (Å²) in [5.74, 6) is -0.495. The minimum Gasteiger partial charge on any atom is -0.466 e. The largest absolute Gasteiger partial charge is 0.466 e. The van der Waals surface area contributed by atoms with Gasteiger partial charge < -0.3 is 4.74 Å². The van der Waals surface area contributed by atoms with Crippen molar-refractivity contribution in [1.82, 2.24) is 4.57 Å². The summed E-state index contributed by atoms with van der Waals surface area (Å²) in [6.45, 7) is 1.76. The van der Waals surface area contributed by atoms with Crippen LogP contribution in [0.5, 0.6) is 0 Å². The van der Waals surface area contributed by atoms with Crippen molar-refractivity contribution in [2.75, 3.05) is 7.11 Å². The molecule has 0 radical (unpaired) electrons. The number of carbonyl (C=O) groups excluding carboxylic acids is 1. The Morgan fingerprint density at radius 3 is 2.61 bits per heavy atom. The number of ether oxygens (including phenoxy) is 1. The molecule has 0 N–H and O–H groups in total. The minimum atomic E-state index is -0.603. The van der Waals surface area contributed by atoms with Crippen molar-refractivity contribution >= 4 is 45.4 Å². The summed E-state index contributed by atoms with van der Waals surface area (Å²) >= 11 is 4.76. The Kier molecular flexibility index (Phi) is 6.15. The van der Waals surface area contributed by atoms with Crippen molar-refractivity contribution < 1.29 is 9.53 Å². The fourth-order valence-electron chi connectivity index (χ4n) is 3.43. The highest BCUT2D eigenvalue weighted by Gasteiger charge is 2.30. The lowest BCUT2D eigenvalue weighted by Crippen LogP contribution is -2.38. The van der Waals surface area contributed by atoms with E-state index in [0.717, 1.165) is 15.6 Å². The molecule has 1 aromatic heterocycles. The Bertz CT molecular complexity index is 1380. The SMILES string of the molecule is COC(=O)C1=C(C)N=c2s/c(=C/c3cccc(Br)c3)c(=O)n2C1/C=C/c1ccccc1. The van der Waals surface area contributed by atoms with Gasteiger partial charge in [-0.05, 0) is 36.3 Å². The zero-order valence-electron chi connectivity index (χ0n) is 16.9. The average molecular weight is 495 g/mol. The summed E-state index contributed by atoms with van der Waals surface area (Å²) in [4.78, 5) is 31.0. The molecule has 0 amide bonds. The quantitative estimate of drug-likeness (QED) is 0.517. The number of thiazole rings is 1. The zero-order valence-corrected chi connectivity index (χ0v) is 19.3. The fourth-order valence-corrected chi connectivity index (χ4v) is 4.90. The van der Waals surface area contributed by atoms with Crippen LogP contribution in [0.1, 0.15) is 24.1 Å². The number of fused-ring (bicyclic) bond motifs is 1. The van der Waals surface area contributed by atoms with E-state index < -0.39 is 12.0 Å².